The molecule has 1 aromatic carbocycles. The number of amides is 1. The number of carbonyl (C=O) groups excluding carboxylic acids is 1. The molecule has 0 unspecified atom stereocenters. The summed E-state index contributed by atoms with van der Waals surface area (Å²) in [6, 6.07) is 13.1. The van der Waals surface area contributed by atoms with Crippen molar-refractivity contribution in [3.8, 4) is 5.69 Å². The Balaban J connectivity index is 1.78. The lowest BCUT2D eigenvalue weighted by Crippen LogP contribution is -2.17. The molecule has 3 rings (SSSR count). The van der Waals surface area contributed by atoms with Gasteiger partial charge < -0.3 is 0 Å². The molecule has 0 fully saturated rings. The maximum Gasteiger partial charge on any atom is 0.271 e. The largest absolute Gasteiger partial charge is 0.271 e. The average molecular weight is 319 g/mol. The first kappa shape index (κ1) is 15.6. The Morgan fingerprint density at radius 1 is 1.12 bits per heavy atom. The molecule has 2 heterocycles. The second-order valence-corrected chi connectivity index (χ2v) is 5.27. The summed E-state index contributed by atoms with van der Waals surface area (Å²) in [6.07, 6.45) is 4.75. The van der Waals surface area contributed by atoms with Crippen molar-refractivity contribution in [1.29, 1.82) is 0 Å². The minimum Gasteiger partial charge on any atom is -0.267 e. The molecule has 3 aromatic rings. The van der Waals surface area contributed by atoms with E-state index in [0.29, 0.717) is 5.56 Å². The van der Waals surface area contributed by atoms with Gasteiger partial charge in [0, 0.05) is 23.5 Å². The quantitative estimate of drug-likeness (QED) is 0.593. The van der Waals surface area contributed by atoms with E-state index >= 15 is 0 Å². The number of hydrogen-bond donors (Lipinski definition) is 1. The Morgan fingerprint density at radius 3 is 2.54 bits per heavy atom. The highest BCUT2D eigenvalue weighted by Gasteiger charge is 2.11. The fourth-order valence-electron chi connectivity index (χ4n) is 2.39. The summed E-state index contributed by atoms with van der Waals surface area (Å²) in [5.41, 5.74) is 6.70. The lowest BCUT2D eigenvalue weighted by Gasteiger charge is -2.03. The van der Waals surface area contributed by atoms with E-state index in [1.165, 1.54) is 0 Å². The van der Waals surface area contributed by atoms with Crippen LogP contribution in [0.25, 0.3) is 5.69 Å². The molecule has 6 nitrogen and oxygen atoms in total. The third kappa shape index (κ3) is 3.22. The lowest BCUT2D eigenvalue weighted by molar-refractivity contribution is 0.0955. The van der Waals surface area contributed by atoms with Crippen LogP contribution in [0.1, 0.15) is 27.3 Å². The Kier molecular flexibility index (Phi) is 4.47. The highest BCUT2D eigenvalue weighted by Crippen LogP contribution is 2.16. The number of carbonyl (C=O) groups is 1. The second kappa shape index (κ2) is 6.87. The van der Waals surface area contributed by atoms with Gasteiger partial charge in [-0.2, -0.15) is 10.2 Å². The van der Waals surface area contributed by atoms with Gasteiger partial charge in [-0.25, -0.2) is 10.1 Å². The van der Waals surface area contributed by atoms with Crippen LogP contribution in [0.5, 0.6) is 0 Å². The third-order valence-electron chi connectivity index (χ3n) is 3.65. The van der Waals surface area contributed by atoms with Crippen molar-refractivity contribution in [1.82, 2.24) is 20.2 Å². The first-order chi connectivity index (χ1) is 11.7. The van der Waals surface area contributed by atoms with E-state index in [-0.39, 0.29) is 5.91 Å². The zero-order valence-electron chi connectivity index (χ0n) is 13.5. The third-order valence-corrected chi connectivity index (χ3v) is 3.65. The molecule has 2 aromatic heterocycles. The van der Waals surface area contributed by atoms with Crippen LogP contribution in [-0.2, 0) is 0 Å². The molecule has 0 radical (unpaired) electrons. The van der Waals surface area contributed by atoms with Crippen LogP contribution >= 0.6 is 0 Å². The molecule has 1 amide bonds. The summed E-state index contributed by atoms with van der Waals surface area (Å²) in [5.74, 6) is -0.278. The van der Waals surface area contributed by atoms with Crippen LogP contribution in [0.3, 0.4) is 0 Å². The topological polar surface area (TPSA) is 72.2 Å². The fourth-order valence-corrected chi connectivity index (χ4v) is 2.39. The molecule has 120 valence electrons. The zero-order chi connectivity index (χ0) is 16.9. The molecule has 1 N–H and O–H groups in total. The van der Waals surface area contributed by atoms with Crippen molar-refractivity contribution in [3.05, 3.63) is 77.4 Å². The molecule has 0 saturated carbocycles. The maximum absolute atomic E-state index is 12.0. The van der Waals surface area contributed by atoms with Crippen molar-refractivity contribution in [2.24, 2.45) is 5.10 Å². The monoisotopic (exact) mass is 319 g/mol. The van der Waals surface area contributed by atoms with E-state index in [1.54, 1.807) is 30.7 Å². The number of nitrogens with zero attached hydrogens (tertiary/aromatic N) is 4. The zero-order valence-corrected chi connectivity index (χ0v) is 13.5. The predicted octanol–water partition coefficient (Wildman–Crippen LogP) is 2.65. The molecule has 0 aliphatic rings. The highest BCUT2D eigenvalue weighted by molar-refractivity contribution is 5.94. The fraction of sp³-hybridized carbons (Fsp3) is 0.111. The Labute approximate surface area is 139 Å². The number of hydrogen-bond acceptors (Lipinski definition) is 4. The molecular formula is C18H17N5O. The van der Waals surface area contributed by atoms with E-state index in [0.717, 1.165) is 22.6 Å². The molecule has 0 bridgehead atoms. The van der Waals surface area contributed by atoms with Gasteiger partial charge in [-0.3, -0.25) is 9.78 Å². The summed E-state index contributed by atoms with van der Waals surface area (Å²) in [6.45, 7) is 3.89. The minimum atomic E-state index is -0.278. The summed E-state index contributed by atoms with van der Waals surface area (Å²) >= 11 is 0. The molecule has 24 heavy (non-hydrogen) atoms. The Hall–Kier alpha value is -3.28. The normalized spacial score (nSPS) is 10.9. The van der Waals surface area contributed by atoms with Crippen LogP contribution in [0.2, 0.25) is 0 Å². The van der Waals surface area contributed by atoms with Crippen molar-refractivity contribution in [2.45, 2.75) is 13.8 Å². The van der Waals surface area contributed by atoms with Crippen molar-refractivity contribution < 1.29 is 4.79 Å². The molecular weight excluding hydrogens is 302 g/mol. The van der Waals surface area contributed by atoms with Gasteiger partial charge in [0.1, 0.15) is 0 Å². The summed E-state index contributed by atoms with van der Waals surface area (Å²) < 4.78 is 1.86. The Bertz CT molecular complexity index is 869. The first-order valence-electron chi connectivity index (χ1n) is 7.52. The molecule has 6 heteroatoms. The van der Waals surface area contributed by atoms with Gasteiger partial charge in [0.25, 0.3) is 5.91 Å². The SMILES string of the molecule is Cc1nn(-c2ccccc2)c(C)c1C=NNC(=O)c1ccncc1. The predicted molar refractivity (Wildman–Crippen MR) is 92.3 cm³/mol. The van der Waals surface area contributed by atoms with Gasteiger partial charge >= 0.3 is 0 Å². The number of benzene rings is 1. The molecule has 0 aliphatic carbocycles. The van der Waals surface area contributed by atoms with Crippen molar-refractivity contribution in [3.63, 3.8) is 0 Å². The van der Waals surface area contributed by atoms with Gasteiger partial charge in [0.15, 0.2) is 0 Å². The van der Waals surface area contributed by atoms with Crippen LogP contribution < -0.4 is 5.43 Å². The number of pyridine rings is 1. The molecule has 0 spiro atoms. The van der Waals surface area contributed by atoms with Crippen molar-refractivity contribution >= 4 is 12.1 Å². The lowest BCUT2D eigenvalue weighted by atomic mass is 10.2. The number of para-hydroxylation sites is 1. The minimum absolute atomic E-state index is 0.278. The van der Waals surface area contributed by atoms with E-state index in [1.807, 2.05) is 48.9 Å². The van der Waals surface area contributed by atoms with Crippen LogP contribution in [0.4, 0.5) is 0 Å². The van der Waals surface area contributed by atoms with Crippen LogP contribution in [0, 0.1) is 13.8 Å². The molecule has 0 saturated heterocycles. The average Bonchev–Trinajstić information content (AvgIpc) is 2.91. The standard InChI is InChI=1S/C18H17N5O/c1-13-17(12-20-21-18(24)15-8-10-19-11-9-15)14(2)23(22-13)16-6-4-3-5-7-16/h3-12H,1-2H3,(H,21,24). The smallest absolute Gasteiger partial charge is 0.267 e. The van der Waals surface area contributed by atoms with Crippen LogP contribution in [0.15, 0.2) is 60.0 Å². The van der Waals surface area contributed by atoms with Crippen LogP contribution in [-0.4, -0.2) is 26.9 Å². The van der Waals surface area contributed by atoms with E-state index in [4.69, 9.17) is 0 Å². The summed E-state index contributed by atoms with van der Waals surface area (Å²) in [4.78, 5) is 15.8. The number of hydrazone groups is 1. The molecule has 0 aliphatic heterocycles. The maximum atomic E-state index is 12.0. The number of aryl methyl sites for hydroxylation is 1. The first-order valence-corrected chi connectivity index (χ1v) is 7.52. The van der Waals surface area contributed by atoms with Gasteiger partial charge in [0.2, 0.25) is 0 Å². The van der Waals surface area contributed by atoms with E-state index in [9.17, 15) is 4.79 Å². The Morgan fingerprint density at radius 2 is 1.83 bits per heavy atom. The van der Waals surface area contributed by atoms with E-state index < -0.39 is 0 Å². The molecule has 0 atom stereocenters. The van der Waals surface area contributed by atoms with Gasteiger partial charge in [-0.1, -0.05) is 18.2 Å². The van der Waals surface area contributed by atoms with Crippen molar-refractivity contribution in [2.75, 3.05) is 0 Å². The summed E-state index contributed by atoms with van der Waals surface area (Å²) in [5, 5.41) is 8.59. The van der Waals surface area contributed by atoms with Gasteiger partial charge in [-0.15, -0.1) is 0 Å². The number of rotatable bonds is 4. The second-order valence-electron chi connectivity index (χ2n) is 5.27. The van der Waals surface area contributed by atoms with E-state index in [2.05, 4.69) is 20.6 Å². The van der Waals surface area contributed by atoms with Gasteiger partial charge in [0.05, 0.1) is 23.3 Å². The summed E-state index contributed by atoms with van der Waals surface area (Å²) in [7, 11) is 0. The number of aromatic nitrogens is 3. The highest BCUT2D eigenvalue weighted by atomic mass is 16.2. The van der Waals surface area contributed by atoms with Gasteiger partial charge in [-0.05, 0) is 38.1 Å². The number of nitrogens with one attached hydrogen (secondary N) is 1.